The second-order valence-electron chi connectivity index (χ2n) is 17.6. The topological polar surface area (TPSA) is 3.24 Å². The number of anilines is 3. The summed E-state index contributed by atoms with van der Waals surface area (Å²) >= 11 is 0. The fourth-order valence-corrected chi connectivity index (χ4v) is 10.6. The van der Waals surface area contributed by atoms with Crippen molar-refractivity contribution < 1.29 is 0 Å². The van der Waals surface area contributed by atoms with Gasteiger partial charge in [-0.2, -0.15) is 0 Å². The van der Waals surface area contributed by atoms with E-state index in [0.717, 1.165) is 22.6 Å². The van der Waals surface area contributed by atoms with Crippen LogP contribution in [0.3, 0.4) is 0 Å². The van der Waals surface area contributed by atoms with Crippen LogP contribution < -0.4 is 4.90 Å². The Morgan fingerprint density at radius 2 is 0.544 bits per heavy atom. The first-order valence-electron chi connectivity index (χ1n) is 23.5. The summed E-state index contributed by atoms with van der Waals surface area (Å²) in [6, 6.07) is 104. The van der Waals surface area contributed by atoms with E-state index in [9.17, 15) is 0 Å². The first kappa shape index (κ1) is 40.7. The summed E-state index contributed by atoms with van der Waals surface area (Å²) in [5.74, 6) is 0. The van der Waals surface area contributed by atoms with Crippen molar-refractivity contribution in [2.24, 2.45) is 0 Å². The van der Waals surface area contributed by atoms with E-state index in [2.05, 4.69) is 290 Å². The molecule has 1 aliphatic rings. The first-order chi connectivity index (χ1) is 33.7. The maximum atomic E-state index is 2.47. The highest BCUT2D eigenvalue weighted by atomic mass is 15.1. The first-order valence-corrected chi connectivity index (χ1v) is 23.5. The van der Waals surface area contributed by atoms with Gasteiger partial charge in [-0.3, -0.25) is 0 Å². The van der Waals surface area contributed by atoms with E-state index in [0.29, 0.717) is 0 Å². The van der Waals surface area contributed by atoms with Gasteiger partial charge in [0.2, 0.25) is 0 Å². The minimum atomic E-state index is -0.577. The van der Waals surface area contributed by atoms with E-state index in [4.69, 9.17) is 0 Å². The average Bonchev–Trinajstić information content (AvgIpc) is 3.73. The zero-order valence-corrected chi connectivity index (χ0v) is 37.6. The monoisotopic (exact) mass is 865 g/mol. The van der Waals surface area contributed by atoms with Crippen molar-refractivity contribution >= 4 is 17.1 Å². The van der Waals surface area contributed by atoms with Gasteiger partial charge < -0.3 is 4.90 Å². The highest BCUT2D eigenvalue weighted by Gasteiger charge is 2.47. The third kappa shape index (κ3) is 7.22. The lowest BCUT2D eigenvalue weighted by Crippen LogP contribution is -2.29. The molecule has 11 aromatic carbocycles. The van der Waals surface area contributed by atoms with Crippen molar-refractivity contribution in [2.45, 2.75) is 5.41 Å². The molecule has 0 aliphatic heterocycles. The molecule has 0 saturated heterocycles. The van der Waals surface area contributed by atoms with Crippen molar-refractivity contribution in [3.8, 4) is 66.8 Å². The molecule has 0 radical (unpaired) electrons. The molecule has 0 saturated carbocycles. The van der Waals surface area contributed by atoms with E-state index >= 15 is 0 Å². The van der Waals surface area contributed by atoms with E-state index in [-0.39, 0.29) is 0 Å². The van der Waals surface area contributed by atoms with Crippen LogP contribution >= 0.6 is 0 Å². The lowest BCUT2D eigenvalue weighted by molar-refractivity contribution is 0.770. The third-order valence-electron chi connectivity index (χ3n) is 13.8. The molecule has 0 unspecified atom stereocenters. The quantitative estimate of drug-likeness (QED) is 0.132. The van der Waals surface area contributed by atoms with Crippen LogP contribution in [0.1, 0.15) is 22.3 Å². The van der Waals surface area contributed by atoms with Gasteiger partial charge in [0.1, 0.15) is 0 Å². The smallest absolute Gasteiger partial charge is 0.0719 e. The Kier molecular flexibility index (Phi) is 10.5. The van der Waals surface area contributed by atoms with Crippen molar-refractivity contribution in [1.29, 1.82) is 0 Å². The van der Waals surface area contributed by atoms with E-state index in [1.54, 1.807) is 0 Å². The lowest BCUT2D eigenvalue weighted by Gasteiger charge is -2.35. The Hall–Kier alpha value is -8.78. The minimum absolute atomic E-state index is 0.577. The summed E-state index contributed by atoms with van der Waals surface area (Å²) in [4.78, 5) is 2.36. The van der Waals surface area contributed by atoms with Gasteiger partial charge in [-0.15, -0.1) is 0 Å². The van der Waals surface area contributed by atoms with Gasteiger partial charge in [0, 0.05) is 17.1 Å². The average molecular weight is 866 g/mol. The van der Waals surface area contributed by atoms with Gasteiger partial charge in [-0.05, 0) is 131 Å². The molecule has 11 aromatic rings. The minimum Gasteiger partial charge on any atom is -0.311 e. The second kappa shape index (κ2) is 17.5. The zero-order chi connectivity index (χ0) is 45.3. The Labute approximate surface area is 399 Å². The van der Waals surface area contributed by atoms with Crippen LogP contribution in [0.15, 0.2) is 285 Å². The van der Waals surface area contributed by atoms with Gasteiger partial charge in [0.15, 0.2) is 0 Å². The molecule has 0 bridgehead atoms. The molecule has 1 heteroatoms. The standard InChI is InChI=1S/C67H47N/c1-6-17-48(18-7-1)51-29-31-55(32-30-51)62-27-16-28-64-63-46-39-56(47-65(63)67(66(62)64,57-23-12-4-13-24-57)58-25-14-5-15-26-58)54-37-44-61(45-38-54)68(59-40-33-52(34-41-59)49-19-8-2-9-20-49)60-42-35-53(36-43-60)50-21-10-3-11-22-50/h1-47H. The maximum Gasteiger partial charge on any atom is 0.0719 e. The predicted octanol–water partition coefficient (Wildman–Crippen LogP) is 17.9. The molecule has 0 heterocycles. The van der Waals surface area contributed by atoms with Crippen LogP contribution in [-0.2, 0) is 5.41 Å². The van der Waals surface area contributed by atoms with Crippen LogP contribution in [-0.4, -0.2) is 0 Å². The number of hydrogen-bond acceptors (Lipinski definition) is 1. The molecule has 68 heavy (non-hydrogen) atoms. The zero-order valence-electron chi connectivity index (χ0n) is 37.6. The van der Waals surface area contributed by atoms with Crippen LogP contribution in [0.25, 0.3) is 66.8 Å². The SMILES string of the molecule is c1ccc(-c2ccc(-c3cccc4c3C(c3ccccc3)(c3ccccc3)c3cc(-c5ccc(N(c6ccc(-c7ccccc7)cc6)c6ccc(-c7ccccc7)cc6)cc5)ccc3-4)cc2)cc1. The van der Waals surface area contributed by atoms with Crippen LogP contribution in [0.4, 0.5) is 17.1 Å². The largest absolute Gasteiger partial charge is 0.311 e. The van der Waals surface area contributed by atoms with E-state index in [1.165, 1.54) is 83.5 Å². The van der Waals surface area contributed by atoms with Gasteiger partial charge in [0.25, 0.3) is 0 Å². The lowest BCUT2D eigenvalue weighted by atomic mass is 9.66. The third-order valence-corrected chi connectivity index (χ3v) is 13.8. The molecule has 0 fully saturated rings. The number of fused-ring (bicyclic) bond motifs is 3. The van der Waals surface area contributed by atoms with Gasteiger partial charge >= 0.3 is 0 Å². The molecule has 0 atom stereocenters. The van der Waals surface area contributed by atoms with Crippen molar-refractivity contribution in [3.63, 3.8) is 0 Å². The number of nitrogens with zero attached hydrogens (tertiary/aromatic N) is 1. The molecule has 12 rings (SSSR count). The normalized spacial score (nSPS) is 12.2. The number of rotatable bonds is 10. The molecule has 0 aromatic heterocycles. The van der Waals surface area contributed by atoms with E-state index in [1.807, 2.05) is 0 Å². The summed E-state index contributed by atoms with van der Waals surface area (Å²) < 4.78 is 0. The van der Waals surface area contributed by atoms with Gasteiger partial charge in [-0.1, -0.05) is 243 Å². The Balaban J connectivity index is 0.973. The fraction of sp³-hybridized carbons (Fsp3) is 0.0149. The van der Waals surface area contributed by atoms with Crippen molar-refractivity contribution in [2.75, 3.05) is 4.90 Å². The molecule has 1 nitrogen and oxygen atoms in total. The molecule has 1 aliphatic carbocycles. The van der Waals surface area contributed by atoms with Crippen LogP contribution in [0.5, 0.6) is 0 Å². The molecule has 0 amide bonds. The molecule has 0 spiro atoms. The highest BCUT2D eigenvalue weighted by Crippen LogP contribution is 2.59. The summed E-state index contributed by atoms with van der Waals surface area (Å²) in [5.41, 5.74) is 22.4. The summed E-state index contributed by atoms with van der Waals surface area (Å²) in [7, 11) is 0. The summed E-state index contributed by atoms with van der Waals surface area (Å²) in [6.45, 7) is 0. The molecular weight excluding hydrogens is 819 g/mol. The van der Waals surface area contributed by atoms with Crippen LogP contribution in [0.2, 0.25) is 0 Å². The molecular formula is C67H47N. The Morgan fingerprint density at radius 3 is 0.971 bits per heavy atom. The second-order valence-corrected chi connectivity index (χ2v) is 17.6. The summed E-state index contributed by atoms with van der Waals surface area (Å²) in [5, 5.41) is 0. The number of benzene rings is 11. The van der Waals surface area contributed by atoms with Crippen molar-refractivity contribution in [3.05, 3.63) is 307 Å². The highest BCUT2D eigenvalue weighted by molar-refractivity contribution is 5.94. The van der Waals surface area contributed by atoms with Crippen molar-refractivity contribution in [1.82, 2.24) is 0 Å². The van der Waals surface area contributed by atoms with Gasteiger partial charge in [-0.25, -0.2) is 0 Å². The summed E-state index contributed by atoms with van der Waals surface area (Å²) in [6.07, 6.45) is 0. The molecule has 0 N–H and O–H groups in total. The number of hydrogen-bond donors (Lipinski definition) is 0. The fourth-order valence-electron chi connectivity index (χ4n) is 10.6. The van der Waals surface area contributed by atoms with E-state index < -0.39 is 5.41 Å². The van der Waals surface area contributed by atoms with Crippen LogP contribution in [0, 0.1) is 0 Å². The van der Waals surface area contributed by atoms with Gasteiger partial charge in [0.05, 0.1) is 5.41 Å². The Morgan fingerprint density at radius 1 is 0.221 bits per heavy atom. The Bertz CT molecular complexity index is 3350. The maximum absolute atomic E-state index is 2.47. The predicted molar refractivity (Wildman–Crippen MR) is 286 cm³/mol. The molecule has 320 valence electrons.